The first-order valence-electron chi connectivity index (χ1n) is 24.1. The van der Waals surface area contributed by atoms with E-state index in [1.807, 2.05) is 0 Å². The second kappa shape index (κ2) is 14.4. The molecule has 6 aromatic carbocycles. The van der Waals surface area contributed by atoms with Crippen LogP contribution in [0.2, 0.25) is 0 Å². The fourth-order valence-corrected chi connectivity index (χ4v) is 12.7. The molecule has 0 fully saturated rings. The van der Waals surface area contributed by atoms with Gasteiger partial charge in [-0.2, -0.15) is 0 Å². The summed E-state index contributed by atoms with van der Waals surface area (Å²) in [7, 11) is 0. The molecule has 0 bridgehead atoms. The lowest BCUT2D eigenvalue weighted by Gasteiger charge is -2.36. The van der Waals surface area contributed by atoms with Crippen molar-refractivity contribution >= 4 is 44.6 Å². The number of hydrogen-bond donors (Lipinski definition) is 1. The Bertz CT molecular complexity index is 3460. The molecule has 0 radical (unpaired) electrons. The Morgan fingerprint density at radius 1 is 0.727 bits per heavy atom. The maximum atomic E-state index is 6.37. The van der Waals surface area contributed by atoms with E-state index in [1.165, 1.54) is 89.1 Å². The third-order valence-corrected chi connectivity index (χ3v) is 16.1. The van der Waals surface area contributed by atoms with Crippen molar-refractivity contribution in [3.63, 3.8) is 0 Å². The highest BCUT2D eigenvalue weighted by molar-refractivity contribution is 6.08. The van der Waals surface area contributed by atoms with Crippen LogP contribution in [0, 0.1) is 11.8 Å². The van der Waals surface area contributed by atoms with Crippen LogP contribution in [0.5, 0.6) is 0 Å². The molecule has 2 aliphatic heterocycles. The van der Waals surface area contributed by atoms with Crippen molar-refractivity contribution in [1.29, 1.82) is 0 Å². The standard InChI is InChI=1S/C62H51N3O/c1-62(2)53-33-40(22-28-47(53)50-34-52-49-17-9-11-19-59(49)66-60(52)35-54(50)62)39-24-29-58-51(32-39)48-16-8-10-18-57(48)65(58)44-25-20-37(21-26-44)55-36-56(64-61(63-55)38-12-4-3-5-13-38)42-23-27-46-43(31-42)30-41-14-6-7-15-45(41)46/h3-17,19,22-25,27-29,32-37,42,55,57H,18,20-21,26,30-31H2,1-2H3,(H,63,64). The van der Waals surface area contributed by atoms with Gasteiger partial charge >= 0.3 is 0 Å². The number of anilines is 1. The first-order chi connectivity index (χ1) is 32.4. The maximum Gasteiger partial charge on any atom is 0.135 e. The van der Waals surface area contributed by atoms with E-state index in [9.17, 15) is 0 Å². The van der Waals surface area contributed by atoms with Crippen molar-refractivity contribution in [1.82, 2.24) is 5.32 Å². The molecule has 4 nitrogen and oxygen atoms in total. The van der Waals surface area contributed by atoms with Crippen molar-refractivity contribution in [2.75, 3.05) is 4.90 Å². The molecule has 320 valence electrons. The van der Waals surface area contributed by atoms with Crippen LogP contribution in [0.15, 0.2) is 196 Å². The molecule has 0 amide bonds. The van der Waals surface area contributed by atoms with Gasteiger partial charge in [-0.25, -0.2) is 0 Å². The maximum absolute atomic E-state index is 6.37. The molecule has 5 aliphatic carbocycles. The Hall–Kier alpha value is -7.17. The van der Waals surface area contributed by atoms with Gasteiger partial charge < -0.3 is 14.6 Å². The lowest BCUT2D eigenvalue weighted by atomic mass is 9.81. The minimum Gasteiger partial charge on any atom is -0.456 e. The van der Waals surface area contributed by atoms with Crippen molar-refractivity contribution in [2.24, 2.45) is 16.8 Å². The van der Waals surface area contributed by atoms with Gasteiger partial charge in [0.05, 0.1) is 12.1 Å². The third-order valence-electron chi connectivity index (χ3n) is 16.1. The van der Waals surface area contributed by atoms with Crippen LogP contribution in [-0.4, -0.2) is 17.9 Å². The van der Waals surface area contributed by atoms with Crippen LogP contribution in [0.3, 0.4) is 0 Å². The number of aliphatic imine (C=N–C) groups is 1. The number of para-hydroxylation sites is 1. The zero-order valence-electron chi connectivity index (χ0n) is 37.5. The van der Waals surface area contributed by atoms with Gasteiger partial charge in [-0.05, 0) is 143 Å². The summed E-state index contributed by atoms with van der Waals surface area (Å²) in [5.74, 6) is 1.76. The van der Waals surface area contributed by atoms with Gasteiger partial charge in [0.15, 0.2) is 0 Å². The molecule has 7 aromatic rings. The number of nitrogens with one attached hydrogen (secondary N) is 1. The highest BCUT2D eigenvalue weighted by atomic mass is 16.3. The molecule has 4 unspecified atom stereocenters. The zero-order valence-corrected chi connectivity index (χ0v) is 37.5. The first-order valence-corrected chi connectivity index (χ1v) is 24.1. The van der Waals surface area contributed by atoms with Crippen molar-refractivity contribution < 1.29 is 4.42 Å². The minimum atomic E-state index is -0.147. The number of hydrogen-bond acceptors (Lipinski definition) is 4. The van der Waals surface area contributed by atoms with Gasteiger partial charge in [0.2, 0.25) is 0 Å². The number of nitrogens with zero attached hydrogens (tertiary/aromatic N) is 2. The van der Waals surface area contributed by atoms with Crippen molar-refractivity contribution in [3.05, 3.63) is 220 Å². The Morgan fingerprint density at radius 2 is 1.56 bits per heavy atom. The topological polar surface area (TPSA) is 40.8 Å². The van der Waals surface area contributed by atoms with Crippen LogP contribution in [-0.2, 0) is 11.8 Å². The fourth-order valence-electron chi connectivity index (χ4n) is 12.7. The van der Waals surface area contributed by atoms with Gasteiger partial charge in [0, 0.05) is 50.3 Å². The molecule has 1 aromatic heterocycles. The number of amidine groups is 1. The molecule has 66 heavy (non-hydrogen) atoms. The summed E-state index contributed by atoms with van der Waals surface area (Å²) < 4.78 is 6.37. The van der Waals surface area contributed by atoms with Crippen LogP contribution >= 0.6 is 0 Å². The minimum absolute atomic E-state index is 0.122. The van der Waals surface area contributed by atoms with E-state index < -0.39 is 0 Å². The van der Waals surface area contributed by atoms with Gasteiger partial charge in [-0.1, -0.05) is 147 Å². The normalized spacial score (nSPS) is 23.0. The molecule has 3 heterocycles. The van der Waals surface area contributed by atoms with Crippen LogP contribution in [0.4, 0.5) is 5.69 Å². The monoisotopic (exact) mass is 853 g/mol. The summed E-state index contributed by atoms with van der Waals surface area (Å²) >= 11 is 0. The average molecular weight is 854 g/mol. The second-order valence-electron chi connectivity index (χ2n) is 20.1. The number of allylic oxidation sites excluding steroid dienone is 8. The number of furan rings is 1. The van der Waals surface area contributed by atoms with Gasteiger partial charge in [0.25, 0.3) is 0 Å². The molecule has 1 N–H and O–H groups in total. The molecule has 7 aliphatic rings. The number of benzene rings is 6. The van der Waals surface area contributed by atoms with E-state index in [-0.39, 0.29) is 11.5 Å². The summed E-state index contributed by atoms with van der Waals surface area (Å²) in [4.78, 5) is 8.16. The molecule has 0 saturated heterocycles. The fraction of sp³-hybridized carbons (Fsp3) is 0.210. The smallest absolute Gasteiger partial charge is 0.135 e. The third kappa shape index (κ3) is 5.80. The van der Waals surface area contributed by atoms with Crippen LogP contribution in [0.25, 0.3) is 55.3 Å². The molecule has 0 saturated carbocycles. The SMILES string of the molecule is CC1(C)c2cc(-c3ccc4c(c3)C3=CC=CCC3N4C3=CCC(C4C=C(C5C=CC6=C(Cc7ccccc76)C5)NC(c5ccccc5)=N4)CC3)ccc2-c2cc3c(cc21)oc1ccccc13. The molecule has 4 heteroatoms. The molecule has 14 rings (SSSR count). The van der Waals surface area contributed by atoms with Gasteiger partial charge in [-0.3, -0.25) is 4.99 Å². The van der Waals surface area contributed by atoms with Gasteiger partial charge in [0.1, 0.15) is 17.0 Å². The van der Waals surface area contributed by atoms with E-state index >= 15 is 0 Å². The lowest BCUT2D eigenvalue weighted by molar-refractivity contribution is 0.416. The molecule has 0 spiro atoms. The molecule has 4 atom stereocenters. The summed E-state index contributed by atoms with van der Waals surface area (Å²) in [6.07, 6.45) is 23.2. The number of fused-ring (bicyclic) bond motifs is 11. The molecular weight excluding hydrogens is 803 g/mol. The van der Waals surface area contributed by atoms with Crippen LogP contribution in [0.1, 0.15) is 79.3 Å². The highest BCUT2D eigenvalue weighted by Crippen LogP contribution is 2.53. The Morgan fingerprint density at radius 3 is 2.47 bits per heavy atom. The van der Waals surface area contributed by atoms with E-state index in [2.05, 4.69) is 194 Å². The van der Waals surface area contributed by atoms with Gasteiger partial charge in [-0.15, -0.1) is 0 Å². The quantitative estimate of drug-likeness (QED) is 0.188. The predicted molar refractivity (Wildman–Crippen MR) is 272 cm³/mol. The largest absolute Gasteiger partial charge is 0.456 e. The Kier molecular flexibility index (Phi) is 8.33. The Balaban J connectivity index is 0.756. The zero-order chi connectivity index (χ0) is 43.7. The van der Waals surface area contributed by atoms with Crippen molar-refractivity contribution in [3.8, 4) is 22.3 Å². The first kappa shape index (κ1) is 38.1. The second-order valence-corrected chi connectivity index (χ2v) is 20.1. The number of rotatable bonds is 5. The average Bonchev–Trinajstić information content (AvgIpc) is 4.09. The highest BCUT2D eigenvalue weighted by Gasteiger charge is 2.40. The van der Waals surface area contributed by atoms with E-state index in [0.717, 1.165) is 61.1 Å². The molecular formula is C62H51N3O. The predicted octanol–water partition coefficient (Wildman–Crippen LogP) is 14.7. The van der Waals surface area contributed by atoms with Crippen molar-refractivity contribution in [2.45, 2.75) is 69.9 Å². The van der Waals surface area contributed by atoms with E-state index in [1.54, 1.807) is 5.57 Å². The lowest BCUT2D eigenvalue weighted by Crippen LogP contribution is -2.37. The van der Waals surface area contributed by atoms with E-state index in [4.69, 9.17) is 9.41 Å². The summed E-state index contributed by atoms with van der Waals surface area (Å²) in [6.45, 7) is 4.74. The summed E-state index contributed by atoms with van der Waals surface area (Å²) in [5.41, 5.74) is 23.6. The Labute approximate surface area is 386 Å². The summed E-state index contributed by atoms with van der Waals surface area (Å²) in [5, 5.41) is 6.22. The summed E-state index contributed by atoms with van der Waals surface area (Å²) in [6, 6.07) is 47.6. The van der Waals surface area contributed by atoms with Crippen LogP contribution < -0.4 is 10.2 Å². The van der Waals surface area contributed by atoms with E-state index in [0.29, 0.717) is 17.9 Å².